The second-order valence-corrected chi connectivity index (χ2v) is 5.93. The van der Waals surface area contributed by atoms with Gasteiger partial charge in [-0.15, -0.1) is 0 Å². The van der Waals surface area contributed by atoms with Gasteiger partial charge in [-0.25, -0.2) is 9.18 Å². The molecule has 3 rings (SSSR count). The first-order valence-corrected chi connectivity index (χ1v) is 8.06. The maximum Gasteiger partial charge on any atom is 0.414 e. The normalized spacial score (nSPS) is 16.5. The maximum absolute atomic E-state index is 14.5. The van der Waals surface area contributed by atoms with E-state index in [-0.39, 0.29) is 25.6 Å². The van der Waals surface area contributed by atoms with Crippen LogP contribution in [0, 0.1) is 5.82 Å². The number of benzene rings is 1. The van der Waals surface area contributed by atoms with Crippen molar-refractivity contribution in [3.8, 4) is 11.3 Å². The van der Waals surface area contributed by atoms with E-state index < -0.39 is 18.0 Å². The molecule has 1 aliphatic heterocycles. The van der Waals surface area contributed by atoms with Gasteiger partial charge in [-0.3, -0.25) is 14.7 Å². The molecule has 1 fully saturated rings. The van der Waals surface area contributed by atoms with Crippen LogP contribution in [0.2, 0.25) is 0 Å². The predicted octanol–water partition coefficient (Wildman–Crippen LogP) is 1.84. The standard InChI is InChI=1S/C18H18FN3O4/c1-11(24)20-8-14-9-22(18(25)26-14)13-3-4-15(16(19)6-13)17-5-2-12(10-23)7-21-17/h2-7,14,23H,8-10H2,1H3,(H,20,24)/t14-/m0/s1. The number of anilines is 1. The lowest BCUT2D eigenvalue weighted by Crippen LogP contribution is -2.33. The molecule has 2 heterocycles. The summed E-state index contributed by atoms with van der Waals surface area (Å²) in [5.41, 5.74) is 1.73. The molecule has 1 aromatic carbocycles. The lowest BCUT2D eigenvalue weighted by atomic mass is 10.1. The van der Waals surface area contributed by atoms with Crippen LogP contribution in [0.4, 0.5) is 14.9 Å². The van der Waals surface area contributed by atoms with Crippen molar-refractivity contribution >= 4 is 17.7 Å². The summed E-state index contributed by atoms with van der Waals surface area (Å²) in [6, 6.07) is 7.69. The lowest BCUT2D eigenvalue weighted by molar-refractivity contribution is -0.119. The van der Waals surface area contributed by atoms with E-state index in [1.165, 1.54) is 24.1 Å². The van der Waals surface area contributed by atoms with E-state index in [2.05, 4.69) is 10.3 Å². The molecule has 0 spiro atoms. The van der Waals surface area contributed by atoms with Gasteiger partial charge >= 0.3 is 6.09 Å². The van der Waals surface area contributed by atoms with E-state index in [1.807, 2.05) is 0 Å². The molecule has 1 saturated heterocycles. The van der Waals surface area contributed by atoms with E-state index in [4.69, 9.17) is 9.84 Å². The van der Waals surface area contributed by atoms with Crippen LogP contribution in [0.5, 0.6) is 0 Å². The van der Waals surface area contributed by atoms with Gasteiger partial charge < -0.3 is 15.2 Å². The number of hydrogen-bond acceptors (Lipinski definition) is 5. The highest BCUT2D eigenvalue weighted by Crippen LogP contribution is 2.28. The summed E-state index contributed by atoms with van der Waals surface area (Å²) in [5, 5.41) is 11.6. The molecule has 2 amide bonds. The van der Waals surface area contributed by atoms with Crippen molar-refractivity contribution in [3.05, 3.63) is 47.9 Å². The number of aliphatic hydroxyl groups is 1. The third-order valence-electron chi connectivity index (χ3n) is 4.00. The van der Waals surface area contributed by atoms with Crippen LogP contribution in [-0.2, 0) is 16.1 Å². The highest BCUT2D eigenvalue weighted by atomic mass is 19.1. The third kappa shape index (κ3) is 3.80. The van der Waals surface area contributed by atoms with Crippen LogP contribution in [0.25, 0.3) is 11.3 Å². The largest absolute Gasteiger partial charge is 0.442 e. The Morgan fingerprint density at radius 1 is 1.42 bits per heavy atom. The van der Waals surface area contributed by atoms with Gasteiger partial charge in [0, 0.05) is 18.7 Å². The fourth-order valence-corrected chi connectivity index (χ4v) is 2.65. The highest BCUT2D eigenvalue weighted by molar-refractivity contribution is 5.90. The van der Waals surface area contributed by atoms with Crippen molar-refractivity contribution in [2.75, 3.05) is 18.0 Å². The number of aromatic nitrogens is 1. The van der Waals surface area contributed by atoms with Gasteiger partial charge in [-0.05, 0) is 29.8 Å². The number of halogens is 1. The summed E-state index contributed by atoms with van der Waals surface area (Å²) >= 11 is 0. The molecule has 136 valence electrons. The molecular formula is C18H18FN3O4. The molecule has 0 radical (unpaired) electrons. The summed E-state index contributed by atoms with van der Waals surface area (Å²) in [6.07, 6.45) is 0.410. The Kier molecular flexibility index (Phi) is 5.13. The average Bonchev–Trinajstić information content (AvgIpc) is 3.01. The van der Waals surface area contributed by atoms with Gasteiger partial charge in [0.2, 0.25) is 5.91 Å². The number of pyridine rings is 1. The Balaban J connectivity index is 1.76. The highest BCUT2D eigenvalue weighted by Gasteiger charge is 2.32. The number of amides is 2. The maximum atomic E-state index is 14.5. The first kappa shape index (κ1) is 17.8. The van der Waals surface area contributed by atoms with Crippen molar-refractivity contribution < 1.29 is 23.8 Å². The van der Waals surface area contributed by atoms with Gasteiger partial charge in [0.25, 0.3) is 0 Å². The number of nitrogens with zero attached hydrogens (tertiary/aromatic N) is 2. The van der Waals surface area contributed by atoms with Crippen LogP contribution >= 0.6 is 0 Å². The Hall–Kier alpha value is -3.00. The summed E-state index contributed by atoms with van der Waals surface area (Å²) in [5.74, 6) is -0.737. The summed E-state index contributed by atoms with van der Waals surface area (Å²) in [4.78, 5) is 28.4. The van der Waals surface area contributed by atoms with E-state index in [0.29, 0.717) is 22.5 Å². The molecule has 2 N–H and O–H groups in total. The van der Waals surface area contributed by atoms with Crippen LogP contribution in [0.3, 0.4) is 0 Å². The summed E-state index contributed by atoms with van der Waals surface area (Å²) in [6.45, 7) is 1.68. The Labute approximate surface area is 149 Å². The number of hydrogen-bond donors (Lipinski definition) is 2. The third-order valence-corrected chi connectivity index (χ3v) is 4.00. The lowest BCUT2D eigenvalue weighted by Gasteiger charge is -2.14. The van der Waals surface area contributed by atoms with Crippen molar-refractivity contribution in [2.24, 2.45) is 0 Å². The van der Waals surface area contributed by atoms with E-state index >= 15 is 0 Å². The van der Waals surface area contributed by atoms with Crippen LogP contribution in [-0.4, -0.2) is 41.3 Å². The molecule has 0 aliphatic carbocycles. The summed E-state index contributed by atoms with van der Waals surface area (Å²) < 4.78 is 19.7. The number of rotatable bonds is 5. The van der Waals surface area contributed by atoms with Gasteiger partial charge in [-0.2, -0.15) is 0 Å². The molecule has 2 aromatic rings. The Morgan fingerprint density at radius 2 is 2.23 bits per heavy atom. The van der Waals surface area contributed by atoms with Crippen LogP contribution in [0.1, 0.15) is 12.5 Å². The van der Waals surface area contributed by atoms with E-state index in [1.54, 1.807) is 24.3 Å². The Bertz CT molecular complexity index is 826. The number of carbonyl (C=O) groups excluding carboxylic acids is 2. The first-order valence-electron chi connectivity index (χ1n) is 8.06. The molecule has 26 heavy (non-hydrogen) atoms. The van der Waals surface area contributed by atoms with Gasteiger partial charge in [-0.1, -0.05) is 6.07 Å². The minimum Gasteiger partial charge on any atom is -0.442 e. The van der Waals surface area contributed by atoms with Gasteiger partial charge in [0.05, 0.1) is 31.1 Å². The molecule has 0 saturated carbocycles. The summed E-state index contributed by atoms with van der Waals surface area (Å²) in [7, 11) is 0. The molecule has 1 atom stereocenters. The van der Waals surface area contributed by atoms with Crippen molar-refractivity contribution in [1.29, 1.82) is 0 Å². The zero-order chi connectivity index (χ0) is 18.7. The van der Waals surface area contributed by atoms with E-state index in [9.17, 15) is 14.0 Å². The quantitative estimate of drug-likeness (QED) is 0.850. The first-order chi connectivity index (χ1) is 12.5. The van der Waals surface area contributed by atoms with Crippen LogP contribution < -0.4 is 10.2 Å². The monoisotopic (exact) mass is 359 g/mol. The predicted molar refractivity (Wildman–Crippen MR) is 91.9 cm³/mol. The fourth-order valence-electron chi connectivity index (χ4n) is 2.65. The number of carbonyl (C=O) groups is 2. The molecule has 0 bridgehead atoms. The number of ether oxygens (including phenoxy) is 1. The zero-order valence-corrected chi connectivity index (χ0v) is 14.1. The Morgan fingerprint density at radius 3 is 2.85 bits per heavy atom. The van der Waals surface area contributed by atoms with Crippen molar-refractivity contribution in [3.63, 3.8) is 0 Å². The molecule has 0 unspecified atom stereocenters. The minimum absolute atomic E-state index is 0.134. The fraction of sp³-hybridized carbons (Fsp3) is 0.278. The number of aliphatic hydroxyl groups excluding tert-OH is 1. The smallest absolute Gasteiger partial charge is 0.414 e. The molecule has 7 nitrogen and oxygen atoms in total. The molecule has 8 heteroatoms. The van der Waals surface area contributed by atoms with Crippen molar-refractivity contribution in [1.82, 2.24) is 10.3 Å². The number of cyclic esters (lactones) is 1. The second kappa shape index (κ2) is 7.49. The molecule has 1 aromatic heterocycles. The van der Waals surface area contributed by atoms with Crippen molar-refractivity contribution in [2.45, 2.75) is 19.6 Å². The number of nitrogens with one attached hydrogen (secondary N) is 1. The van der Waals surface area contributed by atoms with E-state index in [0.717, 1.165) is 0 Å². The topological polar surface area (TPSA) is 91.8 Å². The van der Waals surface area contributed by atoms with Crippen LogP contribution in [0.15, 0.2) is 36.5 Å². The van der Waals surface area contributed by atoms with Gasteiger partial charge in [0.15, 0.2) is 0 Å². The SMILES string of the molecule is CC(=O)NC[C@H]1CN(c2ccc(-c3ccc(CO)cn3)c(F)c2)C(=O)O1. The molecular weight excluding hydrogens is 341 g/mol. The van der Waals surface area contributed by atoms with Gasteiger partial charge in [0.1, 0.15) is 11.9 Å². The minimum atomic E-state index is -0.585. The molecule has 1 aliphatic rings. The second-order valence-electron chi connectivity index (χ2n) is 5.93. The zero-order valence-electron chi connectivity index (χ0n) is 14.1. The average molecular weight is 359 g/mol.